The molecule has 0 spiro atoms. The van der Waals surface area contributed by atoms with Crippen molar-refractivity contribution in [1.29, 1.82) is 0 Å². The first kappa shape index (κ1) is 14.5. The highest BCUT2D eigenvalue weighted by Gasteiger charge is 2.17. The molecule has 0 aliphatic rings. The molecular formula is C14H14ClFN2O2. The number of nitrogens with one attached hydrogen (secondary N) is 1. The number of benzene rings is 1. The van der Waals surface area contributed by atoms with Crippen LogP contribution in [0.4, 0.5) is 4.39 Å². The first-order chi connectivity index (χ1) is 9.45. The number of rotatable bonds is 3. The minimum Gasteiger partial charge on any atom is -0.297 e. The summed E-state index contributed by atoms with van der Waals surface area (Å²) in [5.41, 5.74) is -0.632. The summed E-state index contributed by atoms with van der Waals surface area (Å²) in [5, 5.41) is -0.0786. The second-order valence-corrected chi connectivity index (χ2v) is 4.94. The highest BCUT2D eigenvalue weighted by Crippen LogP contribution is 2.22. The molecule has 1 atom stereocenters. The van der Waals surface area contributed by atoms with Crippen molar-refractivity contribution in [1.82, 2.24) is 9.55 Å². The van der Waals surface area contributed by atoms with Crippen LogP contribution in [0.3, 0.4) is 0 Å². The molecule has 0 fully saturated rings. The van der Waals surface area contributed by atoms with Gasteiger partial charge in [0, 0.05) is 6.04 Å². The summed E-state index contributed by atoms with van der Waals surface area (Å²) < 4.78 is 14.4. The van der Waals surface area contributed by atoms with Crippen LogP contribution in [0.1, 0.15) is 26.3 Å². The summed E-state index contributed by atoms with van der Waals surface area (Å²) in [6, 6.07) is 5.28. The topological polar surface area (TPSA) is 54.9 Å². The Morgan fingerprint density at radius 3 is 2.70 bits per heavy atom. The molecule has 1 heterocycles. The Morgan fingerprint density at radius 1 is 1.40 bits per heavy atom. The molecular weight excluding hydrogens is 283 g/mol. The van der Waals surface area contributed by atoms with Crippen molar-refractivity contribution in [2.45, 2.75) is 26.3 Å². The van der Waals surface area contributed by atoms with Crippen LogP contribution >= 0.6 is 11.6 Å². The third-order valence-corrected chi connectivity index (χ3v) is 3.52. The quantitative estimate of drug-likeness (QED) is 0.885. The molecule has 2 rings (SSSR count). The van der Waals surface area contributed by atoms with E-state index < -0.39 is 17.1 Å². The third-order valence-electron chi connectivity index (χ3n) is 3.23. The monoisotopic (exact) mass is 296 g/mol. The lowest BCUT2D eigenvalue weighted by molar-refractivity contribution is 0.491. The van der Waals surface area contributed by atoms with Crippen molar-refractivity contribution >= 4 is 11.6 Å². The normalized spacial score (nSPS) is 12.4. The van der Waals surface area contributed by atoms with Gasteiger partial charge in [0.2, 0.25) is 0 Å². The molecule has 106 valence electrons. The molecule has 0 saturated carbocycles. The smallest absolute Gasteiger partial charge is 0.297 e. The van der Waals surface area contributed by atoms with Gasteiger partial charge in [-0.2, -0.15) is 0 Å². The molecule has 1 N–H and O–H groups in total. The molecule has 1 aromatic heterocycles. The van der Waals surface area contributed by atoms with Gasteiger partial charge >= 0.3 is 5.69 Å². The van der Waals surface area contributed by atoms with E-state index in [0.29, 0.717) is 12.0 Å². The van der Waals surface area contributed by atoms with Crippen molar-refractivity contribution in [3.05, 3.63) is 56.1 Å². The molecule has 0 amide bonds. The SMILES string of the molecule is CCC(C)n1c(=O)[nH]c(Cl)c(-c2cccc(F)c2)c1=O. The van der Waals surface area contributed by atoms with Gasteiger partial charge in [0.15, 0.2) is 0 Å². The Morgan fingerprint density at radius 2 is 2.10 bits per heavy atom. The highest BCUT2D eigenvalue weighted by atomic mass is 35.5. The summed E-state index contributed by atoms with van der Waals surface area (Å²) in [6.45, 7) is 3.63. The van der Waals surface area contributed by atoms with Crippen molar-refractivity contribution < 1.29 is 4.39 Å². The van der Waals surface area contributed by atoms with Gasteiger partial charge < -0.3 is 0 Å². The molecule has 0 bridgehead atoms. The summed E-state index contributed by atoms with van der Waals surface area (Å²) in [4.78, 5) is 26.8. The second-order valence-electron chi connectivity index (χ2n) is 4.56. The van der Waals surface area contributed by atoms with Gasteiger partial charge in [-0.1, -0.05) is 30.7 Å². The third kappa shape index (κ3) is 2.54. The van der Waals surface area contributed by atoms with Gasteiger partial charge in [0.05, 0.1) is 5.56 Å². The predicted molar refractivity (Wildman–Crippen MR) is 76.7 cm³/mol. The van der Waals surface area contributed by atoms with E-state index in [1.165, 1.54) is 18.2 Å². The predicted octanol–water partition coefficient (Wildman–Crippen LogP) is 2.97. The molecule has 0 aliphatic heterocycles. The summed E-state index contributed by atoms with van der Waals surface area (Å²) in [7, 11) is 0. The van der Waals surface area contributed by atoms with E-state index >= 15 is 0 Å². The van der Waals surface area contributed by atoms with E-state index in [1.54, 1.807) is 13.0 Å². The lowest BCUT2D eigenvalue weighted by Crippen LogP contribution is -2.38. The second kappa shape index (κ2) is 5.63. The van der Waals surface area contributed by atoms with Gasteiger partial charge in [-0.05, 0) is 31.0 Å². The van der Waals surface area contributed by atoms with Gasteiger partial charge in [-0.3, -0.25) is 14.3 Å². The van der Waals surface area contributed by atoms with Crippen LogP contribution in [0.15, 0.2) is 33.9 Å². The number of halogens is 2. The summed E-state index contributed by atoms with van der Waals surface area (Å²) in [6.07, 6.45) is 0.618. The zero-order chi connectivity index (χ0) is 14.9. The van der Waals surface area contributed by atoms with Crippen LogP contribution in [-0.2, 0) is 0 Å². The Bertz CT molecular complexity index is 752. The van der Waals surface area contributed by atoms with Gasteiger partial charge in [-0.25, -0.2) is 9.18 Å². The number of aromatic amines is 1. The Kier molecular flexibility index (Phi) is 4.09. The molecule has 1 unspecified atom stereocenters. The maximum atomic E-state index is 13.3. The Balaban J connectivity index is 2.78. The van der Waals surface area contributed by atoms with Crippen LogP contribution in [0, 0.1) is 5.82 Å². The molecule has 4 nitrogen and oxygen atoms in total. The highest BCUT2D eigenvalue weighted by molar-refractivity contribution is 6.32. The average Bonchev–Trinajstić information content (AvgIpc) is 2.37. The average molecular weight is 297 g/mol. The molecule has 1 aromatic carbocycles. The van der Waals surface area contributed by atoms with Crippen molar-refractivity contribution in [2.75, 3.05) is 0 Å². The fourth-order valence-corrected chi connectivity index (χ4v) is 2.27. The molecule has 20 heavy (non-hydrogen) atoms. The van der Waals surface area contributed by atoms with Crippen LogP contribution in [0.5, 0.6) is 0 Å². The molecule has 2 aromatic rings. The van der Waals surface area contributed by atoms with E-state index in [-0.39, 0.29) is 16.8 Å². The fourth-order valence-electron chi connectivity index (χ4n) is 2.00. The standard InChI is InChI=1S/C14H14ClFN2O2/c1-3-8(2)18-13(19)11(12(15)17-14(18)20)9-5-4-6-10(16)7-9/h4-8H,3H2,1-2H3,(H,17,20). The van der Waals surface area contributed by atoms with Crippen LogP contribution < -0.4 is 11.2 Å². The zero-order valence-electron chi connectivity index (χ0n) is 11.1. The minimum absolute atomic E-state index is 0.0786. The number of nitrogens with zero attached hydrogens (tertiary/aromatic N) is 1. The summed E-state index contributed by atoms with van der Waals surface area (Å²) in [5.74, 6) is -0.473. The molecule has 0 radical (unpaired) electrons. The lowest BCUT2D eigenvalue weighted by Gasteiger charge is -2.14. The van der Waals surface area contributed by atoms with Crippen molar-refractivity contribution in [3.8, 4) is 11.1 Å². The van der Waals surface area contributed by atoms with E-state index in [4.69, 9.17) is 11.6 Å². The number of aromatic nitrogens is 2. The van der Waals surface area contributed by atoms with Crippen molar-refractivity contribution in [3.63, 3.8) is 0 Å². The van der Waals surface area contributed by atoms with E-state index in [0.717, 1.165) is 4.57 Å². The first-order valence-electron chi connectivity index (χ1n) is 6.26. The Labute approximate surface area is 119 Å². The van der Waals surface area contributed by atoms with Crippen LogP contribution in [-0.4, -0.2) is 9.55 Å². The summed E-state index contributed by atoms with van der Waals surface area (Å²) >= 11 is 5.95. The van der Waals surface area contributed by atoms with Crippen LogP contribution in [0.2, 0.25) is 5.15 Å². The fraction of sp³-hybridized carbons (Fsp3) is 0.286. The first-order valence-corrected chi connectivity index (χ1v) is 6.63. The van der Waals surface area contributed by atoms with Crippen molar-refractivity contribution in [2.24, 2.45) is 0 Å². The number of H-pyrrole nitrogens is 1. The van der Waals surface area contributed by atoms with Gasteiger partial charge in [0.25, 0.3) is 5.56 Å². The minimum atomic E-state index is -0.561. The number of hydrogen-bond acceptors (Lipinski definition) is 2. The van der Waals surface area contributed by atoms with E-state index in [1.807, 2.05) is 6.92 Å². The van der Waals surface area contributed by atoms with Crippen LogP contribution in [0.25, 0.3) is 11.1 Å². The molecule has 0 aliphatic carbocycles. The van der Waals surface area contributed by atoms with Gasteiger partial charge in [0.1, 0.15) is 11.0 Å². The maximum absolute atomic E-state index is 13.3. The van der Waals surface area contributed by atoms with E-state index in [9.17, 15) is 14.0 Å². The van der Waals surface area contributed by atoms with Gasteiger partial charge in [-0.15, -0.1) is 0 Å². The lowest BCUT2D eigenvalue weighted by atomic mass is 10.1. The largest absolute Gasteiger partial charge is 0.329 e. The number of hydrogen-bond donors (Lipinski definition) is 1. The van der Waals surface area contributed by atoms with E-state index in [2.05, 4.69) is 4.98 Å². The zero-order valence-corrected chi connectivity index (χ0v) is 11.9. The Hall–Kier alpha value is -1.88. The molecule has 6 heteroatoms. The molecule has 0 saturated heterocycles. The maximum Gasteiger partial charge on any atom is 0.329 e.